The molecule has 30 heavy (non-hydrogen) atoms. The molecule has 0 saturated carbocycles. The van der Waals surface area contributed by atoms with Crippen molar-refractivity contribution in [1.29, 1.82) is 0 Å². The summed E-state index contributed by atoms with van der Waals surface area (Å²) >= 11 is 0.905. The van der Waals surface area contributed by atoms with Gasteiger partial charge < -0.3 is 9.67 Å². The molecule has 152 valence electrons. The van der Waals surface area contributed by atoms with E-state index in [4.69, 9.17) is 0 Å². The molecule has 0 spiro atoms. The van der Waals surface area contributed by atoms with Crippen LogP contribution in [0.2, 0.25) is 0 Å². The first-order chi connectivity index (χ1) is 14.3. The van der Waals surface area contributed by atoms with Gasteiger partial charge >= 0.3 is 0 Å². The molecule has 2 amide bonds. The number of aliphatic hydroxyl groups excluding tert-OH is 1. The zero-order chi connectivity index (χ0) is 21.4. The molecule has 2 aromatic carbocycles. The van der Waals surface area contributed by atoms with Gasteiger partial charge in [-0.15, -0.1) is 0 Å². The number of amides is 2. The van der Waals surface area contributed by atoms with Gasteiger partial charge in [-0.05, 0) is 43.3 Å². The van der Waals surface area contributed by atoms with Crippen LogP contribution in [0, 0.1) is 6.92 Å². The number of thioether (sulfide) groups is 1. The van der Waals surface area contributed by atoms with Crippen LogP contribution in [0.3, 0.4) is 0 Å². The highest BCUT2D eigenvalue weighted by atomic mass is 32.2. The molecule has 0 radical (unpaired) electrons. The van der Waals surface area contributed by atoms with Crippen molar-refractivity contribution < 1.29 is 19.5 Å². The minimum Gasteiger partial charge on any atom is -0.385 e. The third-order valence-electron chi connectivity index (χ3n) is 5.16. The Bertz CT molecular complexity index is 1210. The number of aliphatic hydroxyl groups is 1. The summed E-state index contributed by atoms with van der Waals surface area (Å²) in [5, 5.41) is 12.4. The van der Waals surface area contributed by atoms with E-state index in [9.17, 15) is 19.5 Å². The summed E-state index contributed by atoms with van der Waals surface area (Å²) in [4.78, 5) is 35.8. The number of nitrogens with zero attached hydrogens (tertiary/aromatic N) is 1. The number of Topliss-reactive ketones (excluding diaryl/α,β-unsaturated/α-hetero) is 1. The number of hydrogen-bond acceptors (Lipinski definition) is 5. The van der Waals surface area contributed by atoms with Crippen LogP contribution in [0.5, 0.6) is 0 Å². The normalized spacial score (nSPS) is 16.3. The number of carbonyl (C=O) groups is 3. The second kappa shape index (κ2) is 7.93. The third-order valence-corrected chi connectivity index (χ3v) is 5.97. The van der Waals surface area contributed by atoms with E-state index in [0.717, 1.165) is 39.5 Å². The number of hydrogen-bond donors (Lipinski definition) is 2. The summed E-state index contributed by atoms with van der Waals surface area (Å²) in [5.41, 5.74) is 4.37. The minimum absolute atomic E-state index is 0.306. The van der Waals surface area contributed by atoms with Gasteiger partial charge in [0.2, 0.25) is 0 Å². The summed E-state index contributed by atoms with van der Waals surface area (Å²) in [5.74, 6) is -0.681. The largest absolute Gasteiger partial charge is 0.385 e. The maximum absolute atomic E-state index is 12.0. The maximum atomic E-state index is 12.0. The molecule has 1 fully saturated rings. The molecule has 7 heteroatoms. The SMILES string of the molecule is Cc1c(/C=C2\SC(=O)NC2=O)c2ccccc2n1Cc1ccc(C(=O)C(C)O)cc1. The van der Waals surface area contributed by atoms with Crippen molar-refractivity contribution in [3.05, 3.63) is 75.8 Å². The second-order valence-electron chi connectivity index (χ2n) is 7.19. The van der Waals surface area contributed by atoms with E-state index in [0.29, 0.717) is 17.0 Å². The van der Waals surface area contributed by atoms with E-state index < -0.39 is 6.10 Å². The Balaban J connectivity index is 1.73. The van der Waals surface area contributed by atoms with Crippen LogP contribution in [-0.4, -0.2) is 32.7 Å². The van der Waals surface area contributed by atoms with Crippen molar-refractivity contribution in [3.63, 3.8) is 0 Å². The lowest BCUT2D eigenvalue weighted by Crippen LogP contribution is -2.17. The number of aromatic nitrogens is 1. The summed E-state index contributed by atoms with van der Waals surface area (Å²) in [6.45, 7) is 4.02. The zero-order valence-corrected chi connectivity index (χ0v) is 17.3. The fraction of sp³-hybridized carbons (Fsp3) is 0.174. The van der Waals surface area contributed by atoms with Crippen molar-refractivity contribution >= 4 is 45.7 Å². The van der Waals surface area contributed by atoms with E-state index in [2.05, 4.69) is 9.88 Å². The summed E-state index contributed by atoms with van der Waals surface area (Å²) in [6, 6.07) is 15.1. The molecule has 1 atom stereocenters. The first-order valence-corrected chi connectivity index (χ1v) is 10.3. The molecule has 1 saturated heterocycles. The standard InChI is InChI=1S/C23H20N2O4S/c1-13-18(11-20-22(28)24-23(29)30-20)17-5-3-4-6-19(17)25(13)12-15-7-9-16(10-8-15)21(27)14(2)26/h3-11,14,26H,12H2,1-2H3,(H,24,28,29)/b20-11-. The van der Waals surface area contributed by atoms with Crippen LogP contribution < -0.4 is 5.32 Å². The molecule has 1 aromatic heterocycles. The molecule has 3 aromatic rings. The Labute approximate surface area is 177 Å². The highest BCUT2D eigenvalue weighted by Crippen LogP contribution is 2.32. The number of para-hydroxylation sites is 1. The molecular formula is C23H20N2O4S. The predicted molar refractivity (Wildman–Crippen MR) is 117 cm³/mol. The molecule has 2 N–H and O–H groups in total. The Kier molecular flexibility index (Phi) is 5.32. The molecule has 4 rings (SSSR count). The molecule has 2 heterocycles. The van der Waals surface area contributed by atoms with Crippen molar-refractivity contribution in [2.24, 2.45) is 0 Å². The molecule has 1 aliphatic rings. The minimum atomic E-state index is -1.03. The highest BCUT2D eigenvalue weighted by Gasteiger charge is 2.26. The fourth-order valence-electron chi connectivity index (χ4n) is 3.59. The Hall–Kier alpha value is -3.16. The number of imide groups is 1. The van der Waals surface area contributed by atoms with Crippen molar-refractivity contribution in [1.82, 2.24) is 9.88 Å². The number of rotatable bonds is 5. The Morgan fingerprint density at radius 2 is 1.87 bits per heavy atom. The Morgan fingerprint density at radius 1 is 1.17 bits per heavy atom. The first-order valence-electron chi connectivity index (χ1n) is 9.49. The van der Waals surface area contributed by atoms with Crippen LogP contribution in [0.1, 0.15) is 34.1 Å². The maximum Gasteiger partial charge on any atom is 0.290 e. The average molecular weight is 420 g/mol. The molecule has 1 aliphatic heterocycles. The first kappa shape index (κ1) is 20.1. The molecular weight excluding hydrogens is 400 g/mol. The smallest absolute Gasteiger partial charge is 0.290 e. The van der Waals surface area contributed by atoms with Crippen LogP contribution in [0.15, 0.2) is 53.4 Å². The molecule has 0 aliphatic carbocycles. The monoisotopic (exact) mass is 420 g/mol. The number of carbonyl (C=O) groups excluding carboxylic acids is 3. The average Bonchev–Trinajstić information content (AvgIpc) is 3.18. The highest BCUT2D eigenvalue weighted by molar-refractivity contribution is 8.18. The van der Waals surface area contributed by atoms with E-state index in [1.807, 2.05) is 43.3 Å². The van der Waals surface area contributed by atoms with E-state index >= 15 is 0 Å². The van der Waals surface area contributed by atoms with E-state index in [1.165, 1.54) is 6.92 Å². The zero-order valence-electron chi connectivity index (χ0n) is 16.5. The lowest BCUT2D eigenvalue weighted by molar-refractivity contribution is -0.115. The van der Waals surface area contributed by atoms with Crippen molar-refractivity contribution in [3.8, 4) is 0 Å². The van der Waals surface area contributed by atoms with Gasteiger partial charge in [-0.25, -0.2) is 0 Å². The van der Waals surface area contributed by atoms with E-state index in [-0.39, 0.29) is 16.9 Å². The van der Waals surface area contributed by atoms with Crippen LogP contribution in [-0.2, 0) is 11.3 Å². The lowest BCUT2D eigenvalue weighted by atomic mass is 10.1. The third kappa shape index (κ3) is 3.69. The summed E-state index contributed by atoms with van der Waals surface area (Å²) in [7, 11) is 0. The number of ketones is 1. The van der Waals surface area contributed by atoms with E-state index in [1.54, 1.807) is 18.2 Å². The van der Waals surface area contributed by atoms with Gasteiger partial charge in [0.25, 0.3) is 11.1 Å². The van der Waals surface area contributed by atoms with Gasteiger partial charge in [0, 0.05) is 34.3 Å². The molecule has 0 bridgehead atoms. The molecule has 1 unspecified atom stereocenters. The van der Waals surface area contributed by atoms with Gasteiger partial charge in [0.15, 0.2) is 5.78 Å². The van der Waals surface area contributed by atoms with Crippen LogP contribution >= 0.6 is 11.8 Å². The quantitative estimate of drug-likeness (QED) is 0.483. The second-order valence-corrected chi connectivity index (χ2v) is 8.21. The van der Waals surface area contributed by atoms with Gasteiger partial charge in [0.05, 0.1) is 4.91 Å². The van der Waals surface area contributed by atoms with Gasteiger partial charge in [-0.2, -0.15) is 0 Å². The molecule has 6 nitrogen and oxygen atoms in total. The van der Waals surface area contributed by atoms with Gasteiger partial charge in [-0.3, -0.25) is 19.7 Å². The van der Waals surface area contributed by atoms with Gasteiger partial charge in [0.1, 0.15) is 6.10 Å². The summed E-state index contributed by atoms with van der Waals surface area (Å²) < 4.78 is 2.15. The van der Waals surface area contributed by atoms with Crippen molar-refractivity contribution in [2.45, 2.75) is 26.5 Å². The number of fused-ring (bicyclic) bond motifs is 1. The van der Waals surface area contributed by atoms with Crippen molar-refractivity contribution in [2.75, 3.05) is 0 Å². The van der Waals surface area contributed by atoms with Crippen LogP contribution in [0.4, 0.5) is 4.79 Å². The topological polar surface area (TPSA) is 88.4 Å². The predicted octanol–water partition coefficient (Wildman–Crippen LogP) is 3.89. The lowest BCUT2D eigenvalue weighted by Gasteiger charge is -2.10. The summed E-state index contributed by atoms with van der Waals surface area (Å²) in [6.07, 6.45) is 0.739. The van der Waals surface area contributed by atoms with Crippen LogP contribution in [0.25, 0.3) is 17.0 Å². The fourth-order valence-corrected chi connectivity index (χ4v) is 4.26. The number of benzene rings is 2. The van der Waals surface area contributed by atoms with Gasteiger partial charge in [-0.1, -0.05) is 42.5 Å². The number of nitrogens with one attached hydrogen (secondary N) is 1. The Morgan fingerprint density at radius 3 is 2.50 bits per heavy atom.